The largest absolute Gasteiger partial charge is 0.395 e. The molecule has 6 nitrogen and oxygen atoms in total. The van der Waals surface area contributed by atoms with E-state index in [1.165, 1.54) is 35.6 Å². The molecule has 0 bridgehead atoms. The number of piperidine rings is 1. The van der Waals surface area contributed by atoms with Crippen LogP contribution in [0.5, 0.6) is 0 Å². The average Bonchev–Trinajstić information content (AvgIpc) is 2.73. The summed E-state index contributed by atoms with van der Waals surface area (Å²) < 4.78 is 27.7. The summed E-state index contributed by atoms with van der Waals surface area (Å²) in [6.07, 6.45) is 1.40. The predicted molar refractivity (Wildman–Crippen MR) is 103 cm³/mol. The van der Waals surface area contributed by atoms with Crippen molar-refractivity contribution >= 4 is 15.9 Å². The highest BCUT2D eigenvalue weighted by Gasteiger charge is 2.41. The highest BCUT2D eigenvalue weighted by atomic mass is 32.2. The van der Waals surface area contributed by atoms with Crippen molar-refractivity contribution in [3.63, 3.8) is 0 Å². The van der Waals surface area contributed by atoms with Crippen LogP contribution in [0.1, 0.15) is 28.8 Å². The van der Waals surface area contributed by atoms with Gasteiger partial charge in [0.1, 0.15) is 0 Å². The normalized spacial score (nSPS) is 21.0. The highest BCUT2D eigenvalue weighted by Crippen LogP contribution is 2.36. The summed E-state index contributed by atoms with van der Waals surface area (Å²) in [5.41, 5.74) is 0.751. The lowest BCUT2D eigenvalue weighted by Crippen LogP contribution is -2.50. The van der Waals surface area contributed by atoms with E-state index in [-0.39, 0.29) is 24.0 Å². The zero-order valence-electron chi connectivity index (χ0n) is 15.3. The van der Waals surface area contributed by atoms with Crippen molar-refractivity contribution in [2.75, 3.05) is 26.7 Å². The molecule has 1 fully saturated rings. The molecule has 1 amide bonds. The van der Waals surface area contributed by atoms with Gasteiger partial charge < -0.3 is 10.4 Å². The van der Waals surface area contributed by atoms with Crippen LogP contribution in [0.4, 0.5) is 0 Å². The summed E-state index contributed by atoms with van der Waals surface area (Å²) in [6.45, 7) is 0.528. The number of hydrogen-bond acceptors (Lipinski definition) is 4. The van der Waals surface area contributed by atoms with Gasteiger partial charge in [-0.3, -0.25) is 4.79 Å². The van der Waals surface area contributed by atoms with Crippen LogP contribution in [-0.2, 0) is 15.4 Å². The second-order valence-corrected chi connectivity index (χ2v) is 8.79. The van der Waals surface area contributed by atoms with Gasteiger partial charge >= 0.3 is 0 Å². The number of rotatable bonds is 5. The van der Waals surface area contributed by atoms with Crippen molar-refractivity contribution < 1.29 is 18.3 Å². The lowest BCUT2D eigenvalue weighted by molar-refractivity contribution is 0.0963. The van der Waals surface area contributed by atoms with E-state index in [0.717, 1.165) is 12.0 Å². The number of carbonyl (C=O) groups excluding carboxylic acids is 1. The van der Waals surface area contributed by atoms with Crippen molar-refractivity contribution in [3.8, 4) is 0 Å². The molecule has 1 aliphatic heterocycles. The zero-order chi connectivity index (χ0) is 19.5. The Hall–Kier alpha value is -2.22. The summed E-state index contributed by atoms with van der Waals surface area (Å²) >= 11 is 0. The van der Waals surface area contributed by atoms with Gasteiger partial charge in [-0.1, -0.05) is 30.3 Å². The molecule has 1 aliphatic rings. The maximum Gasteiger partial charge on any atom is 0.251 e. The van der Waals surface area contributed by atoms with Crippen LogP contribution in [0.25, 0.3) is 0 Å². The molecule has 0 radical (unpaired) electrons. The quantitative estimate of drug-likeness (QED) is 0.817. The van der Waals surface area contributed by atoms with E-state index < -0.39 is 15.4 Å². The lowest BCUT2D eigenvalue weighted by Gasteiger charge is -2.41. The molecule has 1 atom stereocenters. The number of amides is 1. The number of nitrogens with one attached hydrogen (secondary N) is 1. The van der Waals surface area contributed by atoms with Gasteiger partial charge in [-0.15, -0.1) is 0 Å². The standard InChI is InChI=1S/C20H24N2O4S/c1-21-19(24)16-8-10-18(11-9-16)27(25,26)22-13-5-12-20(14-22,15-23)17-6-3-2-4-7-17/h2-4,6-11,23H,5,12-15H2,1H3,(H,21,24). The number of benzene rings is 2. The number of sulfonamides is 1. The van der Waals surface area contributed by atoms with Crippen molar-refractivity contribution in [1.29, 1.82) is 0 Å². The van der Waals surface area contributed by atoms with Gasteiger partial charge in [-0.05, 0) is 42.7 Å². The summed E-state index contributed by atoms with van der Waals surface area (Å²) in [6, 6.07) is 15.5. The minimum atomic E-state index is -3.71. The fraction of sp³-hybridized carbons (Fsp3) is 0.350. The summed E-state index contributed by atoms with van der Waals surface area (Å²) in [5, 5.41) is 12.6. The molecule has 1 heterocycles. The Morgan fingerprint density at radius 1 is 1.15 bits per heavy atom. The molecule has 7 heteroatoms. The van der Waals surface area contributed by atoms with E-state index in [0.29, 0.717) is 18.5 Å². The van der Waals surface area contributed by atoms with E-state index in [4.69, 9.17) is 0 Å². The van der Waals surface area contributed by atoms with Crippen molar-refractivity contribution in [1.82, 2.24) is 9.62 Å². The Balaban J connectivity index is 1.89. The van der Waals surface area contributed by atoms with Gasteiger partial charge in [0.05, 0.1) is 11.5 Å². The van der Waals surface area contributed by atoms with E-state index in [9.17, 15) is 18.3 Å². The van der Waals surface area contributed by atoms with Crippen LogP contribution < -0.4 is 5.32 Å². The van der Waals surface area contributed by atoms with Crippen LogP contribution >= 0.6 is 0 Å². The molecular formula is C20H24N2O4S. The molecule has 0 aromatic heterocycles. The third kappa shape index (κ3) is 3.76. The summed E-state index contributed by atoms with van der Waals surface area (Å²) in [5.74, 6) is -0.264. The fourth-order valence-corrected chi connectivity index (χ4v) is 5.18. The molecule has 0 saturated carbocycles. The SMILES string of the molecule is CNC(=O)c1ccc(S(=O)(=O)N2CCCC(CO)(c3ccccc3)C2)cc1. The molecule has 2 aromatic carbocycles. The minimum Gasteiger partial charge on any atom is -0.395 e. The van der Waals surface area contributed by atoms with Crippen LogP contribution in [0, 0.1) is 0 Å². The zero-order valence-corrected chi connectivity index (χ0v) is 16.1. The van der Waals surface area contributed by atoms with E-state index in [1.807, 2.05) is 30.3 Å². The highest BCUT2D eigenvalue weighted by molar-refractivity contribution is 7.89. The Kier molecular flexibility index (Phi) is 5.64. The van der Waals surface area contributed by atoms with E-state index >= 15 is 0 Å². The first kappa shape index (κ1) is 19.5. The second kappa shape index (κ2) is 7.80. The lowest BCUT2D eigenvalue weighted by atomic mass is 9.75. The monoisotopic (exact) mass is 388 g/mol. The molecule has 0 spiro atoms. The number of aliphatic hydroxyl groups is 1. The molecule has 2 N–H and O–H groups in total. The van der Waals surface area contributed by atoms with Gasteiger partial charge in [0.15, 0.2) is 0 Å². The summed E-state index contributed by atoms with van der Waals surface area (Å²) in [4.78, 5) is 11.8. The Bertz CT molecular complexity index is 897. The molecule has 144 valence electrons. The maximum atomic E-state index is 13.1. The fourth-order valence-electron chi connectivity index (χ4n) is 3.61. The van der Waals surface area contributed by atoms with Crippen LogP contribution in [0.3, 0.4) is 0 Å². The first-order chi connectivity index (χ1) is 12.9. The molecule has 1 unspecified atom stereocenters. The van der Waals surface area contributed by atoms with E-state index in [1.54, 1.807) is 0 Å². The van der Waals surface area contributed by atoms with Gasteiger partial charge in [-0.2, -0.15) is 4.31 Å². The van der Waals surface area contributed by atoms with Crippen molar-refractivity contribution in [2.24, 2.45) is 0 Å². The Morgan fingerprint density at radius 3 is 2.41 bits per heavy atom. The first-order valence-electron chi connectivity index (χ1n) is 8.92. The van der Waals surface area contributed by atoms with Crippen LogP contribution in [0.15, 0.2) is 59.5 Å². The summed E-state index contributed by atoms with van der Waals surface area (Å²) in [7, 11) is -2.18. The number of carbonyl (C=O) groups is 1. The molecular weight excluding hydrogens is 364 g/mol. The van der Waals surface area contributed by atoms with Crippen molar-refractivity contribution in [3.05, 3.63) is 65.7 Å². The maximum absolute atomic E-state index is 13.1. The van der Waals surface area contributed by atoms with Crippen LogP contribution in [-0.4, -0.2) is 50.5 Å². The topological polar surface area (TPSA) is 86.7 Å². The third-order valence-electron chi connectivity index (χ3n) is 5.21. The van der Waals surface area contributed by atoms with Gasteiger partial charge in [0.25, 0.3) is 5.91 Å². The first-order valence-corrected chi connectivity index (χ1v) is 10.4. The van der Waals surface area contributed by atoms with E-state index in [2.05, 4.69) is 5.32 Å². The van der Waals surface area contributed by atoms with Gasteiger partial charge in [-0.25, -0.2) is 8.42 Å². The molecule has 0 aliphatic carbocycles. The number of nitrogens with zero attached hydrogens (tertiary/aromatic N) is 1. The van der Waals surface area contributed by atoms with Crippen LogP contribution in [0.2, 0.25) is 0 Å². The Morgan fingerprint density at radius 2 is 1.81 bits per heavy atom. The Labute approximate surface area is 159 Å². The van der Waals surface area contributed by atoms with Gasteiger partial charge in [0.2, 0.25) is 10.0 Å². The predicted octanol–water partition coefficient (Wildman–Crippen LogP) is 1.76. The average molecular weight is 388 g/mol. The second-order valence-electron chi connectivity index (χ2n) is 6.85. The minimum absolute atomic E-state index is 0.112. The molecule has 27 heavy (non-hydrogen) atoms. The molecule has 3 rings (SSSR count). The number of hydrogen-bond donors (Lipinski definition) is 2. The van der Waals surface area contributed by atoms with Gasteiger partial charge in [0, 0.05) is 31.1 Å². The molecule has 2 aromatic rings. The third-order valence-corrected chi connectivity index (χ3v) is 7.07. The molecule has 1 saturated heterocycles. The van der Waals surface area contributed by atoms with Crippen molar-refractivity contribution in [2.45, 2.75) is 23.2 Å². The number of aliphatic hydroxyl groups excluding tert-OH is 1. The smallest absolute Gasteiger partial charge is 0.251 e.